The van der Waals surface area contributed by atoms with Gasteiger partial charge in [-0.25, -0.2) is 4.79 Å². The lowest BCUT2D eigenvalue weighted by atomic mass is 9.86. The Kier molecular flexibility index (Phi) is 5.67. The van der Waals surface area contributed by atoms with Crippen LogP contribution in [0, 0.1) is 5.92 Å². The Morgan fingerprint density at radius 3 is 2.76 bits per heavy atom. The lowest BCUT2D eigenvalue weighted by molar-refractivity contribution is -0.131. The maximum atomic E-state index is 10.6. The molecule has 0 amide bonds. The van der Waals surface area contributed by atoms with E-state index in [1.807, 2.05) is 13.0 Å². The smallest absolute Gasteiger partial charge is 0.328 e. The van der Waals surface area contributed by atoms with Gasteiger partial charge in [0.05, 0.1) is 17.7 Å². The summed E-state index contributed by atoms with van der Waals surface area (Å²) in [4.78, 5) is 10.6. The molecule has 0 aliphatic heterocycles. The first kappa shape index (κ1) is 15.9. The molecule has 0 saturated heterocycles. The molecule has 21 heavy (non-hydrogen) atoms. The number of carbonyl (C=O) groups is 1. The maximum absolute atomic E-state index is 10.6. The van der Waals surface area contributed by atoms with Crippen molar-refractivity contribution in [3.63, 3.8) is 0 Å². The van der Waals surface area contributed by atoms with E-state index in [2.05, 4.69) is 15.9 Å². The summed E-state index contributed by atoms with van der Waals surface area (Å²) in [6, 6.07) is 3.63. The predicted octanol–water partition coefficient (Wildman–Crippen LogP) is 4.12. The molecular weight excluding hydrogens is 336 g/mol. The second-order valence-electron chi connectivity index (χ2n) is 5.04. The van der Waals surface area contributed by atoms with Gasteiger partial charge < -0.3 is 14.6 Å². The van der Waals surface area contributed by atoms with Gasteiger partial charge in [0.2, 0.25) is 0 Å². The topological polar surface area (TPSA) is 55.8 Å². The minimum atomic E-state index is -0.977. The first-order valence-corrected chi connectivity index (χ1v) is 7.89. The highest BCUT2D eigenvalue weighted by Crippen LogP contribution is 2.38. The molecular formula is C16H19BrO4. The molecule has 1 aromatic carbocycles. The van der Waals surface area contributed by atoms with Crippen LogP contribution in [0.4, 0.5) is 0 Å². The quantitative estimate of drug-likeness (QED) is 0.748. The van der Waals surface area contributed by atoms with Crippen LogP contribution in [0.3, 0.4) is 0 Å². The summed E-state index contributed by atoms with van der Waals surface area (Å²) in [6.07, 6.45) is 6.37. The SMILES string of the molecule is CCOc1cc(C=CC(=O)O)cc(Br)c1OCC1CCC1. The predicted molar refractivity (Wildman–Crippen MR) is 84.8 cm³/mol. The summed E-state index contributed by atoms with van der Waals surface area (Å²) in [5.74, 6) is 0.986. The average Bonchev–Trinajstić information content (AvgIpc) is 2.37. The fourth-order valence-electron chi connectivity index (χ4n) is 2.12. The van der Waals surface area contributed by atoms with Crippen LogP contribution in [0.1, 0.15) is 31.7 Å². The van der Waals surface area contributed by atoms with Gasteiger partial charge in [0, 0.05) is 6.08 Å². The van der Waals surface area contributed by atoms with Crippen LogP contribution < -0.4 is 9.47 Å². The number of carboxylic acid groups (broad SMARTS) is 1. The number of rotatable bonds is 7. The Balaban J connectivity index is 2.18. The molecule has 1 aromatic rings. The molecule has 2 rings (SSSR count). The van der Waals surface area contributed by atoms with Crippen LogP contribution in [0.5, 0.6) is 11.5 Å². The van der Waals surface area contributed by atoms with E-state index >= 15 is 0 Å². The average molecular weight is 355 g/mol. The molecule has 114 valence electrons. The van der Waals surface area contributed by atoms with Crippen molar-refractivity contribution in [2.24, 2.45) is 5.92 Å². The number of carboxylic acids is 1. The third-order valence-electron chi connectivity index (χ3n) is 3.44. The molecule has 1 N–H and O–H groups in total. The zero-order chi connectivity index (χ0) is 15.2. The molecule has 1 aliphatic rings. The Hall–Kier alpha value is -1.49. The summed E-state index contributed by atoms with van der Waals surface area (Å²) in [6.45, 7) is 3.13. The van der Waals surface area contributed by atoms with E-state index < -0.39 is 5.97 Å². The second-order valence-corrected chi connectivity index (χ2v) is 5.90. The summed E-state index contributed by atoms with van der Waals surface area (Å²) < 4.78 is 12.3. The molecule has 5 heteroatoms. The molecule has 0 unspecified atom stereocenters. The number of benzene rings is 1. The minimum Gasteiger partial charge on any atom is -0.490 e. The zero-order valence-corrected chi connectivity index (χ0v) is 13.6. The van der Waals surface area contributed by atoms with Gasteiger partial charge in [-0.15, -0.1) is 0 Å². The maximum Gasteiger partial charge on any atom is 0.328 e. The lowest BCUT2D eigenvalue weighted by Gasteiger charge is -2.26. The Morgan fingerprint density at radius 2 is 2.19 bits per heavy atom. The molecule has 0 spiro atoms. The van der Waals surface area contributed by atoms with Gasteiger partial charge in [0.1, 0.15) is 0 Å². The third kappa shape index (κ3) is 4.49. The minimum absolute atomic E-state index is 0.526. The van der Waals surface area contributed by atoms with Gasteiger partial charge in [-0.05, 0) is 65.4 Å². The molecule has 1 saturated carbocycles. The van der Waals surface area contributed by atoms with Gasteiger partial charge in [-0.3, -0.25) is 0 Å². The zero-order valence-electron chi connectivity index (χ0n) is 12.0. The van der Waals surface area contributed by atoms with Crippen LogP contribution in [-0.2, 0) is 4.79 Å². The van der Waals surface area contributed by atoms with Crippen molar-refractivity contribution in [3.8, 4) is 11.5 Å². The molecule has 0 radical (unpaired) electrons. The van der Waals surface area contributed by atoms with E-state index in [0.29, 0.717) is 30.6 Å². The molecule has 1 fully saturated rings. The molecule has 0 bridgehead atoms. The Bertz CT molecular complexity index is 535. The summed E-state index contributed by atoms with van der Waals surface area (Å²) in [5.41, 5.74) is 0.753. The monoisotopic (exact) mass is 354 g/mol. The number of hydrogen-bond donors (Lipinski definition) is 1. The highest BCUT2D eigenvalue weighted by Gasteiger charge is 2.20. The van der Waals surface area contributed by atoms with Crippen LogP contribution in [0.15, 0.2) is 22.7 Å². The van der Waals surface area contributed by atoms with Gasteiger partial charge in [-0.1, -0.05) is 6.42 Å². The van der Waals surface area contributed by atoms with E-state index in [-0.39, 0.29) is 0 Å². The van der Waals surface area contributed by atoms with Crippen LogP contribution >= 0.6 is 15.9 Å². The molecule has 0 aromatic heterocycles. The fraction of sp³-hybridized carbons (Fsp3) is 0.438. The van der Waals surface area contributed by atoms with Crippen molar-refractivity contribution in [1.29, 1.82) is 0 Å². The first-order chi connectivity index (χ1) is 10.1. The van der Waals surface area contributed by atoms with Gasteiger partial charge in [0.15, 0.2) is 11.5 Å². The molecule has 4 nitrogen and oxygen atoms in total. The number of hydrogen-bond acceptors (Lipinski definition) is 3. The lowest BCUT2D eigenvalue weighted by Crippen LogP contribution is -2.19. The summed E-state index contributed by atoms with van der Waals surface area (Å²) in [7, 11) is 0. The van der Waals surface area contributed by atoms with Crippen molar-refractivity contribution in [2.75, 3.05) is 13.2 Å². The van der Waals surface area contributed by atoms with Gasteiger partial charge >= 0.3 is 5.97 Å². The van der Waals surface area contributed by atoms with Gasteiger partial charge in [-0.2, -0.15) is 0 Å². The number of ether oxygens (including phenoxy) is 2. The van der Waals surface area contributed by atoms with Crippen molar-refractivity contribution >= 4 is 28.0 Å². The van der Waals surface area contributed by atoms with Crippen molar-refractivity contribution in [3.05, 3.63) is 28.2 Å². The summed E-state index contributed by atoms with van der Waals surface area (Å²) in [5, 5.41) is 8.70. The fourth-order valence-corrected chi connectivity index (χ4v) is 2.69. The normalized spacial score (nSPS) is 15.0. The highest BCUT2D eigenvalue weighted by atomic mass is 79.9. The van der Waals surface area contributed by atoms with E-state index in [1.54, 1.807) is 6.07 Å². The standard InChI is InChI=1S/C16H19BrO4/c1-2-20-14-9-12(6-7-15(18)19)8-13(17)16(14)21-10-11-4-3-5-11/h6-9,11H,2-5,10H2,1H3,(H,18,19). The van der Waals surface area contributed by atoms with E-state index in [1.165, 1.54) is 25.3 Å². The first-order valence-electron chi connectivity index (χ1n) is 7.10. The largest absolute Gasteiger partial charge is 0.490 e. The van der Waals surface area contributed by atoms with Crippen molar-refractivity contribution < 1.29 is 19.4 Å². The van der Waals surface area contributed by atoms with Gasteiger partial charge in [0.25, 0.3) is 0 Å². The van der Waals surface area contributed by atoms with Crippen LogP contribution in [0.2, 0.25) is 0 Å². The number of aliphatic carboxylic acids is 1. The van der Waals surface area contributed by atoms with Crippen LogP contribution in [-0.4, -0.2) is 24.3 Å². The number of halogens is 1. The third-order valence-corrected chi connectivity index (χ3v) is 4.03. The molecule has 0 atom stereocenters. The van der Waals surface area contributed by atoms with Crippen molar-refractivity contribution in [1.82, 2.24) is 0 Å². The molecule has 1 aliphatic carbocycles. The second kappa shape index (κ2) is 7.50. The van der Waals surface area contributed by atoms with Crippen LogP contribution in [0.25, 0.3) is 6.08 Å². The van der Waals surface area contributed by atoms with E-state index in [0.717, 1.165) is 16.1 Å². The van der Waals surface area contributed by atoms with E-state index in [9.17, 15) is 4.79 Å². The highest BCUT2D eigenvalue weighted by molar-refractivity contribution is 9.10. The van der Waals surface area contributed by atoms with Crippen molar-refractivity contribution in [2.45, 2.75) is 26.2 Å². The summed E-state index contributed by atoms with van der Waals surface area (Å²) >= 11 is 3.48. The Labute approximate surface area is 132 Å². The molecule has 0 heterocycles. The van der Waals surface area contributed by atoms with E-state index in [4.69, 9.17) is 14.6 Å². The Morgan fingerprint density at radius 1 is 1.43 bits per heavy atom.